The number of nitrogens with one attached hydrogen (secondary N) is 1. The quantitative estimate of drug-likeness (QED) is 0.771. The van der Waals surface area contributed by atoms with Gasteiger partial charge in [-0.1, -0.05) is 31.4 Å². The maximum absolute atomic E-state index is 5.93. The van der Waals surface area contributed by atoms with Gasteiger partial charge in [-0.2, -0.15) is 0 Å². The molecule has 20 heavy (non-hydrogen) atoms. The molecule has 1 N–H and O–H groups in total. The van der Waals surface area contributed by atoms with Gasteiger partial charge in [-0.25, -0.2) is 0 Å². The van der Waals surface area contributed by atoms with Crippen molar-refractivity contribution in [2.45, 2.75) is 51.2 Å². The third-order valence-electron chi connectivity index (χ3n) is 4.05. The van der Waals surface area contributed by atoms with Crippen LogP contribution in [0.3, 0.4) is 0 Å². The van der Waals surface area contributed by atoms with Crippen LogP contribution in [0.15, 0.2) is 24.3 Å². The van der Waals surface area contributed by atoms with Crippen LogP contribution in [0.5, 0.6) is 5.75 Å². The summed E-state index contributed by atoms with van der Waals surface area (Å²) in [6, 6.07) is 8.54. The van der Waals surface area contributed by atoms with Crippen LogP contribution in [0, 0.1) is 0 Å². The van der Waals surface area contributed by atoms with E-state index < -0.39 is 0 Å². The molecule has 0 heterocycles. The van der Waals surface area contributed by atoms with Gasteiger partial charge >= 0.3 is 0 Å². The average Bonchev–Trinajstić information content (AvgIpc) is 2.52. The summed E-state index contributed by atoms with van der Waals surface area (Å²) in [5.41, 5.74) is 1.25. The Morgan fingerprint density at radius 2 is 2.05 bits per heavy atom. The summed E-state index contributed by atoms with van der Waals surface area (Å²) in [7, 11) is 1.70. The molecule has 0 amide bonds. The molecule has 0 bridgehead atoms. The van der Waals surface area contributed by atoms with Gasteiger partial charge in [0.2, 0.25) is 0 Å². The van der Waals surface area contributed by atoms with Crippen LogP contribution in [0.25, 0.3) is 0 Å². The largest absolute Gasteiger partial charge is 0.497 e. The van der Waals surface area contributed by atoms with Gasteiger partial charge in [0.1, 0.15) is 5.75 Å². The second-order valence-electron chi connectivity index (χ2n) is 5.58. The van der Waals surface area contributed by atoms with E-state index in [2.05, 4.69) is 24.4 Å². The van der Waals surface area contributed by atoms with E-state index in [1.54, 1.807) is 7.11 Å². The van der Waals surface area contributed by atoms with Gasteiger partial charge in [0.25, 0.3) is 0 Å². The summed E-state index contributed by atoms with van der Waals surface area (Å²) in [5.74, 6) is 0.912. The monoisotopic (exact) mass is 277 g/mol. The lowest BCUT2D eigenvalue weighted by Gasteiger charge is -2.22. The van der Waals surface area contributed by atoms with Crippen LogP contribution in [-0.2, 0) is 4.74 Å². The van der Waals surface area contributed by atoms with E-state index in [1.807, 2.05) is 12.1 Å². The second kappa shape index (κ2) is 8.28. The normalized spacial score (nSPS) is 17.9. The molecule has 0 aromatic heterocycles. The third-order valence-corrected chi connectivity index (χ3v) is 4.05. The lowest BCUT2D eigenvalue weighted by molar-refractivity contribution is 0.0295. The zero-order valence-corrected chi connectivity index (χ0v) is 12.7. The van der Waals surface area contributed by atoms with Crippen LogP contribution in [0.4, 0.5) is 0 Å². The lowest BCUT2D eigenvalue weighted by atomic mass is 9.98. The number of rotatable bonds is 7. The first kappa shape index (κ1) is 15.3. The topological polar surface area (TPSA) is 30.5 Å². The van der Waals surface area contributed by atoms with Crippen molar-refractivity contribution in [1.82, 2.24) is 5.32 Å². The highest BCUT2D eigenvalue weighted by molar-refractivity contribution is 5.30. The van der Waals surface area contributed by atoms with Gasteiger partial charge in [-0.05, 0) is 37.5 Å². The second-order valence-corrected chi connectivity index (χ2v) is 5.58. The Kier molecular flexibility index (Phi) is 6.34. The summed E-state index contributed by atoms with van der Waals surface area (Å²) in [4.78, 5) is 0. The molecule has 1 saturated carbocycles. The zero-order valence-electron chi connectivity index (χ0n) is 12.7. The first-order chi connectivity index (χ1) is 9.79. The molecule has 2 rings (SSSR count). The van der Waals surface area contributed by atoms with Crippen LogP contribution in [0.2, 0.25) is 0 Å². The fraction of sp³-hybridized carbons (Fsp3) is 0.647. The minimum absolute atomic E-state index is 0.319. The van der Waals surface area contributed by atoms with Crippen molar-refractivity contribution in [2.75, 3.05) is 20.3 Å². The maximum Gasteiger partial charge on any atom is 0.119 e. The SMILES string of the molecule is COc1cccc(C(C)NCCOC2CCCCC2)c1. The molecule has 1 fully saturated rings. The summed E-state index contributed by atoms with van der Waals surface area (Å²) >= 11 is 0. The van der Waals surface area contributed by atoms with E-state index in [0.717, 1.165) is 18.9 Å². The highest BCUT2D eigenvalue weighted by Gasteiger charge is 2.13. The molecule has 1 atom stereocenters. The van der Waals surface area contributed by atoms with Crippen molar-refractivity contribution in [1.29, 1.82) is 0 Å². The fourth-order valence-corrected chi connectivity index (χ4v) is 2.76. The standard InChI is InChI=1S/C17H27NO2/c1-14(15-7-6-10-17(13-15)19-2)18-11-12-20-16-8-4-3-5-9-16/h6-7,10,13-14,16,18H,3-5,8-9,11-12H2,1-2H3. The number of hydrogen-bond acceptors (Lipinski definition) is 3. The minimum atomic E-state index is 0.319. The highest BCUT2D eigenvalue weighted by atomic mass is 16.5. The van der Waals surface area contributed by atoms with E-state index in [4.69, 9.17) is 9.47 Å². The Hall–Kier alpha value is -1.06. The Balaban J connectivity index is 1.67. The molecule has 0 saturated heterocycles. The third kappa shape index (κ3) is 4.80. The van der Waals surface area contributed by atoms with Crippen molar-refractivity contribution in [3.05, 3.63) is 29.8 Å². The van der Waals surface area contributed by atoms with Gasteiger partial charge in [0.15, 0.2) is 0 Å². The highest BCUT2D eigenvalue weighted by Crippen LogP contribution is 2.20. The summed E-state index contributed by atoms with van der Waals surface area (Å²) < 4.78 is 11.2. The zero-order chi connectivity index (χ0) is 14.2. The first-order valence-corrected chi connectivity index (χ1v) is 7.78. The Labute approximate surface area is 122 Å². The van der Waals surface area contributed by atoms with Crippen LogP contribution >= 0.6 is 0 Å². The van der Waals surface area contributed by atoms with Crippen molar-refractivity contribution in [2.24, 2.45) is 0 Å². The van der Waals surface area contributed by atoms with Gasteiger partial charge in [-0.3, -0.25) is 0 Å². The van der Waals surface area contributed by atoms with Gasteiger partial charge < -0.3 is 14.8 Å². The molecular formula is C17H27NO2. The Morgan fingerprint density at radius 3 is 2.80 bits per heavy atom. The molecule has 112 valence electrons. The van der Waals surface area contributed by atoms with Gasteiger partial charge in [0, 0.05) is 12.6 Å². The van der Waals surface area contributed by atoms with Crippen LogP contribution in [0.1, 0.15) is 50.6 Å². The maximum atomic E-state index is 5.93. The Bertz CT molecular complexity index is 388. The first-order valence-electron chi connectivity index (χ1n) is 7.78. The van der Waals surface area contributed by atoms with Crippen molar-refractivity contribution >= 4 is 0 Å². The molecule has 1 unspecified atom stereocenters. The van der Waals surface area contributed by atoms with E-state index in [0.29, 0.717) is 12.1 Å². The van der Waals surface area contributed by atoms with Gasteiger partial charge in [-0.15, -0.1) is 0 Å². The predicted molar refractivity (Wildman–Crippen MR) is 82.2 cm³/mol. The van der Waals surface area contributed by atoms with Crippen molar-refractivity contribution in [3.8, 4) is 5.75 Å². The van der Waals surface area contributed by atoms with Crippen molar-refractivity contribution in [3.63, 3.8) is 0 Å². The number of ether oxygens (including phenoxy) is 2. The number of benzene rings is 1. The molecule has 1 aromatic rings. The lowest BCUT2D eigenvalue weighted by Crippen LogP contribution is -2.26. The minimum Gasteiger partial charge on any atom is -0.497 e. The molecule has 1 aliphatic carbocycles. The fourth-order valence-electron chi connectivity index (χ4n) is 2.76. The molecule has 3 nitrogen and oxygen atoms in total. The van der Waals surface area contributed by atoms with Crippen LogP contribution in [-0.4, -0.2) is 26.4 Å². The smallest absolute Gasteiger partial charge is 0.119 e. The van der Waals surface area contributed by atoms with Gasteiger partial charge in [0.05, 0.1) is 19.8 Å². The molecule has 1 aromatic carbocycles. The number of hydrogen-bond donors (Lipinski definition) is 1. The van der Waals surface area contributed by atoms with Crippen molar-refractivity contribution < 1.29 is 9.47 Å². The van der Waals surface area contributed by atoms with Crippen LogP contribution < -0.4 is 10.1 Å². The average molecular weight is 277 g/mol. The molecule has 0 aliphatic heterocycles. The molecule has 0 spiro atoms. The summed E-state index contributed by atoms with van der Waals surface area (Å²) in [6.45, 7) is 3.88. The number of methoxy groups -OCH3 is 1. The Morgan fingerprint density at radius 1 is 1.25 bits per heavy atom. The van der Waals surface area contributed by atoms with E-state index >= 15 is 0 Å². The van der Waals surface area contributed by atoms with E-state index in [-0.39, 0.29) is 0 Å². The molecule has 0 radical (unpaired) electrons. The molecule has 1 aliphatic rings. The predicted octanol–water partition coefficient (Wildman–Crippen LogP) is 3.70. The molecule has 3 heteroatoms. The molecular weight excluding hydrogens is 250 g/mol. The summed E-state index contributed by atoms with van der Waals surface area (Å²) in [6.07, 6.45) is 7.02. The summed E-state index contributed by atoms with van der Waals surface area (Å²) in [5, 5.41) is 3.51. The van der Waals surface area contributed by atoms with E-state index in [9.17, 15) is 0 Å². The van der Waals surface area contributed by atoms with E-state index in [1.165, 1.54) is 37.7 Å².